The molecular formula is C28H31N5O. The van der Waals surface area contributed by atoms with Gasteiger partial charge in [0, 0.05) is 12.2 Å². The highest BCUT2D eigenvalue weighted by molar-refractivity contribution is 6.05. The summed E-state index contributed by atoms with van der Waals surface area (Å²) in [4.78, 5) is 28.7. The quantitative estimate of drug-likeness (QED) is 0.265. The van der Waals surface area contributed by atoms with Gasteiger partial charge in [0.1, 0.15) is 16.7 Å². The van der Waals surface area contributed by atoms with E-state index in [9.17, 15) is 4.79 Å². The van der Waals surface area contributed by atoms with Gasteiger partial charge in [-0.15, -0.1) is 0 Å². The Bertz CT molecular complexity index is 1550. The maximum Gasteiger partial charge on any atom is 0.265 e. The monoisotopic (exact) mass is 453 g/mol. The lowest BCUT2D eigenvalue weighted by atomic mass is 10.1. The molecule has 0 unspecified atom stereocenters. The number of rotatable bonds is 8. The fraction of sp³-hybridized carbons (Fsp3) is 0.357. The van der Waals surface area contributed by atoms with E-state index in [1.54, 1.807) is 0 Å². The molecule has 6 heteroatoms. The summed E-state index contributed by atoms with van der Waals surface area (Å²) in [7, 11) is 0. The standard InChI is InChI=1S/C28H31N5O/c1-4-6-7-8-11-17-32-19(3)29-26-24(28(32)34)25-27(31-23-16-10-9-15-22(23)30-25)33(26)21-14-12-13-20(5-2)18-21/h9-10,12-16,18H,4-8,11,17H2,1-3H3. The average molecular weight is 454 g/mol. The molecule has 5 aromatic rings. The van der Waals surface area contributed by atoms with Crippen LogP contribution in [0.5, 0.6) is 0 Å². The number of hydrogen-bond acceptors (Lipinski definition) is 4. The van der Waals surface area contributed by atoms with E-state index in [0.29, 0.717) is 28.7 Å². The molecule has 0 amide bonds. The van der Waals surface area contributed by atoms with Crippen molar-refractivity contribution >= 4 is 33.2 Å². The van der Waals surface area contributed by atoms with E-state index < -0.39 is 0 Å². The van der Waals surface area contributed by atoms with E-state index >= 15 is 0 Å². The molecule has 3 heterocycles. The van der Waals surface area contributed by atoms with E-state index in [4.69, 9.17) is 15.0 Å². The molecule has 0 N–H and O–H groups in total. The third-order valence-corrected chi connectivity index (χ3v) is 6.62. The lowest BCUT2D eigenvalue weighted by Gasteiger charge is -2.11. The Morgan fingerprint density at radius 2 is 1.59 bits per heavy atom. The molecule has 5 rings (SSSR count). The first-order chi connectivity index (χ1) is 16.6. The van der Waals surface area contributed by atoms with E-state index in [1.165, 1.54) is 24.8 Å². The zero-order valence-electron chi connectivity index (χ0n) is 20.2. The molecule has 0 radical (unpaired) electrons. The number of unbranched alkanes of at least 4 members (excludes halogenated alkanes) is 4. The smallest absolute Gasteiger partial charge is 0.265 e. The van der Waals surface area contributed by atoms with Crippen molar-refractivity contribution in [1.82, 2.24) is 24.1 Å². The number of nitrogens with zero attached hydrogens (tertiary/aromatic N) is 5. The van der Waals surface area contributed by atoms with Crippen molar-refractivity contribution in [3.63, 3.8) is 0 Å². The summed E-state index contributed by atoms with van der Waals surface area (Å²) in [5.74, 6) is 0.730. The zero-order chi connectivity index (χ0) is 23.7. The van der Waals surface area contributed by atoms with Crippen LogP contribution in [0, 0.1) is 6.92 Å². The van der Waals surface area contributed by atoms with E-state index in [-0.39, 0.29) is 5.56 Å². The van der Waals surface area contributed by atoms with Crippen LogP contribution >= 0.6 is 0 Å². The van der Waals surface area contributed by atoms with Crippen LogP contribution in [0.1, 0.15) is 57.3 Å². The van der Waals surface area contributed by atoms with Gasteiger partial charge in [0.2, 0.25) is 0 Å². The molecule has 0 aliphatic carbocycles. The molecule has 0 bridgehead atoms. The van der Waals surface area contributed by atoms with Gasteiger partial charge in [-0.3, -0.25) is 13.9 Å². The third-order valence-electron chi connectivity index (χ3n) is 6.62. The molecule has 34 heavy (non-hydrogen) atoms. The minimum absolute atomic E-state index is 0.0297. The van der Waals surface area contributed by atoms with Crippen LogP contribution in [0.15, 0.2) is 53.3 Å². The Kier molecular flexibility index (Phi) is 6.14. The van der Waals surface area contributed by atoms with E-state index in [0.717, 1.165) is 41.8 Å². The molecular weight excluding hydrogens is 422 g/mol. The maximum absolute atomic E-state index is 13.8. The number of para-hydroxylation sites is 2. The summed E-state index contributed by atoms with van der Waals surface area (Å²) in [5.41, 5.74) is 5.65. The molecule has 0 atom stereocenters. The van der Waals surface area contributed by atoms with Gasteiger partial charge in [-0.1, -0.05) is 63.8 Å². The molecule has 0 spiro atoms. The summed E-state index contributed by atoms with van der Waals surface area (Å²) in [6.07, 6.45) is 6.66. The molecule has 0 fully saturated rings. The van der Waals surface area contributed by atoms with Gasteiger partial charge >= 0.3 is 0 Å². The van der Waals surface area contributed by atoms with Crippen LogP contribution in [0.25, 0.3) is 38.9 Å². The summed E-state index contributed by atoms with van der Waals surface area (Å²) in [6, 6.07) is 16.2. The van der Waals surface area contributed by atoms with Crippen molar-refractivity contribution in [1.29, 1.82) is 0 Å². The van der Waals surface area contributed by atoms with Gasteiger partial charge in [-0.05, 0) is 49.6 Å². The number of benzene rings is 2. The average Bonchev–Trinajstić information content (AvgIpc) is 3.17. The van der Waals surface area contributed by atoms with Crippen molar-refractivity contribution in [3.8, 4) is 5.69 Å². The van der Waals surface area contributed by atoms with Crippen LogP contribution in [-0.2, 0) is 13.0 Å². The second-order valence-electron chi connectivity index (χ2n) is 8.97. The Morgan fingerprint density at radius 1 is 0.824 bits per heavy atom. The second kappa shape index (κ2) is 9.37. The van der Waals surface area contributed by atoms with Gasteiger partial charge in [0.25, 0.3) is 5.56 Å². The lowest BCUT2D eigenvalue weighted by molar-refractivity contribution is 0.546. The Morgan fingerprint density at radius 3 is 2.35 bits per heavy atom. The molecule has 2 aromatic carbocycles. The maximum atomic E-state index is 13.8. The molecule has 0 saturated carbocycles. The lowest BCUT2D eigenvalue weighted by Crippen LogP contribution is -2.24. The van der Waals surface area contributed by atoms with Crippen molar-refractivity contribution in [3.05, 3.63) is 70.3 Å². The fourth-order valence-electron chi connectivity index (χ4n) is 4.73. The Balaban J connectivity index is 1.77. The Labute approximate surface area is 199 Å². The summed E-state index contributed by atoms with van der Waals surface area (Å²) in [5, 5.41) is 0.550. The third kappa shape index (κ3) is 3.87. The molecule has 0 aliphatic heterocycles. The van der Waals surface area contributed by atoms with Crippen LogP contribution in [0.2, 0.25) is 0 Å². The molecule has 6 nitrogen and oxygen atoms in total. The first kappa shape index (κ1) is 22.3. The van der Waals surface area contributed by atoms with Gasteiger partial charge < -0.3 is 0 Å². The summed E-state index contributed by atoms with van der Waals surface area (Å²) < 4.78 is 3.82. The highest BCUT2D eigenvalue weighted by Crippen LogP contribution is 2.29. The normalized spacial score (nSPS) is 11.7. The minimum Gasteiger partial charge on any atom is -0.296 e. The first-order valence-corrected chi connectivity index (χ1v) is 12.4. The van der Waals surface area contributed by atoms with E-state index in [2.05, 4.69) is 26.0 Å². The van der Waals surface area contributed by atoms with Gasteiger partial charge in [0.05, 0.1) is 11.0 Å². The molecule has 174 valence electrons. The summed E-state index contributed by atoms with van der Waals surface area (Å²) >= 11 is 0. The van der Waals surface area contributed by atoms with Crippen LogP contribution in [0.3, 0.4) is 0 Å². The van der Waals surface area contributed by atoms with Crippen LogP contribution in [-0.4, -0.2) is 24.1 Å². The molecule has 3 aromatic heterocycles. The number of aryl methyl sites for hydroxylation is 2. The van der Waals surface area contributed by atoms with Crippen molar-refractivity contribution < 1.29 is 0 Å². The van der Waals surface area contributed by atoms with Crippen LogP contribution in [0.4, 0.5) is 0 Å². The fourth-order valence-corrected chi connectivity index (χ4v) is 4.73. The minimum atomic E-state index is -0.0297. The molecule has 0 saturated heterocycles. The summed E-state index contributed by atoms with van der Waals surface area (Å²) in [6.45, 7) is 6.95. The highest BCUT2D eigenvalue weighted by Gasteiger charge is 2.22. The zero-order valence-corrected chi connectivity index (χ0v) is 20.2. The number of aromatic nitrogens is 5. The second-order valence-corrected chi connectivity index (χ2v) is 8.97. The number of fused-ring (bicyclic) bond motifs is 4. The van der Waals surface area contributed by atoms with Crippen LogP contribution < -0.4 is 5.56 Å². The van der Waals surface area contributed by atoms with E-state index in [1.807, 2.05) is 52.5 Å². The predicted molar refractivity (Wildman–Crippen MR) is 139 cm³/mol. The number of hydrogen-bond donors (Lipinski definition) is 0. The SMILES string of the molecule is CCCCCCCn1c(C)nc2c(c1=O)c1nc3ccccc3nc1n2-c1cccc(CC)c1. The highest BCUT2D eigenvalue weighted by atomic mass is 16.1. The first-order valence-electron chi connectivity index (χ1n) is 12.4. The Hall–Kier alpha value is -3.54. The van der Waals surface area contributed by atoms with Crippen molar-refractivity contribution in [2.45, 2.75) is 65.8 Å². The van der Waals surface area contributed by atoms with Crippen molar-refractivity contribution in [2.75, 3.05) is 0 Å². The largest absolute Gasteiger partial charge is 0.296 e. The van der Waals surface area contributed by atoms with Crippen molar-refractivity contribution in [2.24, 2.45) is 0 Å². The topological polar surface area (TPSA) is 65.6 Å². The molecule has 0 aliphatic rings. The van der Waals surface area contributed by atoms with Gasteiger partial charge in [-0.2, -0.15) is 0 Å². The predicted octanol–water partition coefficient (Wildman–Crippen LogP) is 6.12. The van der Waals surface area contributed by atoms with Gasteiger partial charge in [-0.25, -0.2) is 15.0 Å². The van der Waals surface area contributed by atoms with Gasteiger partial charge in [0.15, 0.2) is 11.3 Å².